The number of hydrogen-bond donors (Lipinski definition) is 3. The van der Waals surface area contributed by atoms with Gasteiger partial charge in [-0.25, -0.2) is 4.79 Å². The van der Waals surface area contributed by atoms with Crippen molar-refractivity contribution in [2.24, 2.45) is 0 Å². The van der Waals surface area contributed by atoms with E-state index in [2.05, 4.69) is 75.5 Å². The number of aliphatic carboxylic acids is 1. The van der Waals surface area contributed by atoms with Crippen molar-refractivity contribution in [2.45, 2.75) is 289 Å². The first-order valence-corrected chi connectivity index (χ1v) is 29.3. The van der Waals surface area contributed by atoms with Crippen LogP contribution in [0, 0.1) is 0 Å². The van der Waals surface area contributed by atoms with Gasteiger partial charge >= 0.3 is 23.9 Å². The van der Waals surface area contributed by atoms with Gasteiger partial charge in [0.05, 0.1) is 6.61 Å². The Bertz CT molecular complexity index is 1500. The average Bonchev–Trinajstić information content (AvgIpc) is 3.37. The molecule has 420 valence electrons. The molecule has 6 unspecified atom stereocenters. The van der Waals surface area contributed by atoms with Crippen LogP contribution in [0.15, 0.2) is 60.8 Å². The van der Waals surface area contributed by atoms with Crippen LogP contribution in [0.5, 0.6) is 0 Å². The van der Waals surface area contributed by atoms with Crippen LogP contribution in [0.2, 0.25) is 0 Å². The summed E-state index contributed by atoms with van der Waals surface area (Å²) in [6.45, 7) is 5.81. The molecule has 12 heteroatoms. The molecule has 0 spiro atoms. The number of carboxylic acids is 1. The molecule has 0 aromatic carbocycles. The molecule has 1 heterocycles. The van der Waals surface area contributed by atoms with Gasteiger partial charge in [0.25, 0.3) is 0 Å². The third kappa shape index (κ3) is 39.5. The van der Waals surface area contributed by atoms with E-state index in [-0.39, 0.29) is 25.9 Å². The lowest BCUT2D eigenvalue weighted by molar-refractivity contribution is -0.301. The van der Waals surface area contributed by atoms with Crippen LogP contribution in [0.1, 0.15) is 252 Å². The van der Waals surface area contributed by atoms with Gasteiger partial charge in [-0.3, -0.25) is 14.4 Å². The molecule has 3 N–H and O–H groups in total. The molecule has 0 aliphatic carbocycles. The molecule has 0 saturated carbocycles. The molecule has 1 saturated heterocycles. The van der Waals surface area contributed by atoms with Crippen LogP contribution in [0.25, 0.3) is 0 Å². The number of unbranched alkanes of at least 4 members (excludes halogenated alkanes) is 25. The Morgan fingerprint density at radius 3 is 1.30 bits per heavy atom. The monoisotopic (exact) mass is 1030 g/mol. The molecule has 0 radical (unpaired) electrons. The number of carboxylic acid groups (broad SMARTS) is 1. The van der Waals surface area contributed by atoms with E-state index in [9.17, 15) is 34.5 Å². The second-order valence-corrected chi connectivity index (χ2v) is 19.9. The van der Waals surface area contributed by atoms with Crippen molar-refractivity contribution in [3.8, 4) is 0 Å². The van der Waals surface area contributed by atoms with Crippen LogP contribution in [0.3, 0.4) is 0 Å². The van der Waals surface area contributed by atoms with Gasteiger partial charge < -0.3 is 39.0 Å². The summed E-state index contributed by atoms with van der Waals surface area (Å²) in [4.78, 5) is 51.0. The quantitative estimate of drug-likeness (QED) is 0.0228. The summed E-state index contributed by atoms with van der Waals surface area (Å²) < 4.78 is 28.3. The highest BCUT2D eigenvalue weighted by Crippen LogP contribution is 2.26. The van der Waals surface area contributed by atoms with Crippen LogP contribution in [-0.4, -0.2) is 89.2 Å². The first kappa shape index (κ1) is 67.4. The Hall–Kier alpha value is -3.58. The summed E-state index contributed by atoms with van der Waals surface area (Å²) in [5.41, 5.74) is 0. The Labute approximate surface area is 443 Å². The Kier molecular flexibility index (Phi) is 45.5. The molecule has 1 aliphatic rings. The van der Waals surface area contributed by atoms with Gasteiger partial charge in [-0.2, -0.15) is 0 Å². The highest BCUT2D eigenvalue weighted by atomic mass is 16.7. The summed E-state index contributed by atoms with van der Waals surface area (Å²) in [6, 6.07) is 0. The predicted molar refractivity (Wildman–Crippen MR) is 294 cm³/mol. The van der Waals surface area contributed by atoms with Crippen LogP contribution in [0.4, 0.5) is 0 Å². The maximum absolute atomic E-state index is 13.1. The number of rotatable bonds is 49. The lowest BCUT2D eigenvalue weighted by atomic mass is 9.98. The van der Waals surface area contributed by atoms with Crippen molar-refractivity contribution in [3.63, 3.8) is 0 Å². The van der Waals surface area contributed by atoms with Crippen LogP contribution in [-0.2, 0) is 42.9 Å². The molecule has 73 heavy (non-hydrogen) atoms. The minimum absolute atomic E-state index is 0.0564. The van der Waals surface area contributed by atoms with Crippen molar-refractivity contribution in [1.29, 1.82) is 0 Å². The number of carbonyl (C=O) groups excluding carboxylic acids is 3. The number of ether oxygens (including phenoxy) is 5. The van der Waals surface area contributed by atoms with E-state index in [1.54, 1.807) is 0 Å². The molecule has 1 aliphatic heterocycles. The second kappa shape index (κ2) is 49.3. The smallest absolute Gasteiger partial charge is 0.335 e. The molecule has 0 amide bonds. The van der Waals surface area contributed by atoms with Gasteiger partial charge in [-0.05, 0) is 57.8 Å². The number of aliphatic hydroxyl groups excluding tert-OH is 2. The van der Waals surface area contributed by atoms with Crippen molar-refractivity contribution < 1.29 is 58.2 Å². The van der Waals surface area contributed by atoms with E-state index in [0.29, 0.717) is 25.7 Å². The minimum atomic E-state index is -1.91. The molecule has 12 nitrogen and oxygen atoms in total. The SMILES string of the molecule is CC/C=C\C/C=C\C/C=C\C/C=C\C/C=C\CCCC(=O)OCC(COC1OC(C(=O)O)C(O)C(O)C1OC(=O)CCCCCCCCCCC)OC(=O)CCCCCCCCCCCCCCCCCCC. The number of hydrogen-bond acceptors (Lipinski definition) is 11. The third-order valence-corrected chi connectivity index (χ3v) is 13.1. The normalized spacial score (nSPS) is 18.7. The van der Waals surface area contributed by atoms with E-state index < -0.39 is 67.3 Å². The van der Waals surface area contributed by atoms with Gasteiger partial charge in [0.2, 0.25) is 0 Å². The minimum Gasteiger partial charge on any atom is -0.479 e. The summed E-state index contributed by atoms with van der Waals surface area (Å²) in [5, 5.41) is 31.4. The summed E-state index contributed by atoms with van der Waals surface area (Å²) in [7, 11) is 0. The first-order valence-electron chi connectivity index (χ1n) is 29.3. The Balaban J connectivity index is 2.70. The second-order valence-electron chi connectivity index (χ2n) is 19.9. The molecule has 6 atom stereocenters. The van der Waals surface area contributed by atoms with E-state index in [4.69, 9.17) is 23.7 Å². The first-order chi connectivity index (χ1) is 35.6. The molecular formula is C61H104O12. The average molecular weight is 1030 g/mol. The van der Waals surface area contributed by atoms with E-state index >= 15 is 0 Å². The maximum Gasteiger partial charge on any atom is 0.335 e. The van der Waals surface area contributed by atoms with Gasteiger partial charge in [-0.15, -0.1) is 0 Å². The molecule has 1 rings (SSSR count). The summed E-state index contributed by atoms with van der Waals surface area (Å²) >= 11 is 0. The van der Waals surface area contributed by atoms with Gasteiger partial charge in [0, 0.05) is 19.3 Å². The van der Waals surface area contributed by atoms with Crippen molar-refractivity contribution >= 4 is 23.9 Å². The zero-order chi connectivity index (χ0) is 53.3. The van der Waals surface area contributed by atoms with E-state index in [1.165, 1.54) is 109 Å². The highest BCUT2D eigenvalue weighted by molar-refractivity contribution is 5.74. The molecule has 0 bridgehead atoms. The van der Waals surface area contributed by atoms with Crippen molar-refractivity contribution in [3.05, 3.63) is 60.8 Å². The topological polar surface area (TPSA) is 175 Å². The number of allylic oxidation sites excluding steroid dienone is 10. The zero-order valence-electron chi connectivity index (χ0n) is 46.1. The van der Waals surface area contributed by atoms with Crippen molar-refractivity contribution in [1.82, 2.24) is 0 Å². The van der Waals surface area contributed by atoms with E-state index in [1.807, 2.05) is 6.08 Å². The van der Waals surface area contributed by atoms with Crippen LogP contribution < -0.4 is 0 Å². The highest BCUT2D eigenvalue weighted by Gasteiger charge is 2.50. The Morgan fingerprint density at radius 2 is 0.863 bits per heavy atom. The zero-order valence-corrected chi connectivity index (χ0v) is 46.1. The molecule has 1 fully saturated rings. The summed E-state index contributed by atoms with van der Waals surface area (Å²) in [6.07, 6.45) is 47.9. The van der Waals surface area contributed by atoms with E-state index in [0.717, 1.165) is 77.0 Å². The van der Waals surface area contributed by atoms with Crippen LogP contribution >= 0.6 is 0 Å². The maximum atomic E-state index is 13.1. The Morgan fingerprint density at radius 1 is 0.466 bits per heavy atom. The summed E-state index contributed by atoms with van der Waals surface area (Å²) in [5.74, 6) is -3.18. The largest absolute Gasteiger partial charge is 0.479 e. The molecule has 0 aromatic rings. The van der Waals surface area contributed by atoms with Gasteiger partial charge in [0.15, 0.2) is 24.6 Å². The third-order valence-electron chi connectivity index (χ3n) is 13.1. The predicted octanol–water partition coefficient (Wildman–Crippen LogP) is 14.8. The van der Waals surface area contributed by atoms with Gasteiger partial charge in [0.1, 0.15) is 18.8 Å². The van der Waals surface area contributed by atoms with Crippen molar-refractivity contribution in [2.75, 3.05) is 13.2 Å². The lowest BCUT2D eigenvalue weighted by Crippen LogP contribution is -2.61. The standard InChI is InChI=1S/C61H104O12/c1-4-7-10-13-16-19-21-23-25-27-29-31-33-36-38-41-44-47-53(62)69-50-52(71-54(63)48-45-42-40-37-34-32-30-28-26-24-22-20-17-14-11-8-5-2)51-70-61-59(57(66)56(65)58(73-61)60(67)68)72-55(64)49-46-43-39-35-18-15-12-9-6-3/h7,10,16,19,23,25,29,31,36,38,52,56-59,61,65-66H,4-6,8-9,11-15,17-18,20-22,24,26-28,30,32-35,37,39-51H2,1-3H3,(H,67,68)/b10-7-,19-16-,25-23-,31-29-,38-36-. The fraction of sp³-hybridized carbons (Fsp3) is 0.770. The number of carbonyl (C=O) groups is 4. The fourth-order valence-electron chi connectivity index (χ4n) is 8.64. The molecule has 0 aromatic heterocycles. The number of esters is 3. The fourth-order valence-corrected chi connectivity index (χ4v) is 8.64. The molecular weight excluding hydrogens is 925 g/mol. The number of aliphatic hydroxyl groups is 2. The van der Waals surface area contributed by atoms with Gasteiger partial charge in [-0.1, -0.05) is 236 Å². The lowest BCUT2D eigenvalue weighted by Gasteiger charge is -2.40.